The lowest BCUT2D eigenvalue weighted by Gasteiger charge is -2.21. The van der Waals surface area contributed by atoms with Crippen molar-refractivity contribution >= 4 is 6.03 Å². The Morgan fingerprint density at radius 1 is 1.32 bits per heavy atom. The van der Waals surface area contributed by atoms with Gasteiger partial charge >= 0.3 is 6.03 Å². The van der Waals surface area contributed by atoms with E-state index in [1.807, 2.05) is 19.1 Å². The SMILES string of the molecule is CNC(=O)N(C)CCc1cc2c(cc1C)OCCO2. The number of carbonyl (C=O) groups is 1. The Morgan fingerprint density at radius 2 is 1.95 bits per heavy atom. The van der Waals surface area contributed by atoms with E-state index in [4.69, 9.17) is 9.47 Å². The predicted octanol–water partition coefficient (Wildman–Crippen LogP) is 1.58. The van der Waals surface area contributed by atoms with Crippen LogP contribution in [0.25, 0.3) is 0 Å². The molecule has 1 N–H and O–H groups in total. The fraction of sp³-hybridized carbons (Fsp3) is 0.500. The summed E-state index contributed by atoms with van der Waals surface area (Å²) >= 11 is 0. The summed E-state index contributed by atoms with van der Waals surface area (Å²) in [5.74, 6) is 1.61. The Balaban J connectivity index is 2.06. The van der Waals surface area contributed by atoms with Gasteiger partial charge < -0.3 is 19.7 Å². The number of hydrogen-bond acceptors (Lipinski definition) is 3. The molecule has 0 saturated heterocycles. The van der Waals surface area contributed by atoms with Crippen molar-refractivity contribution in [1.29, 1.82) is 0 Å². The van der Waals surface area contributed by atoms with E-state index < -0.39 is 0 Å². The van der Waals surface area contributed by atoms with Gasteiger partial charge in [0.25, 0.3) is 0 Å². The first kappa shape index (κ1) is 13.5. The predicted molar refractivity (Wildman–Crippen MR) is 73.0 cm³/mol. The molecular formula is C14H20N2O3. The van der Waals surface area contributed by atoms with Crippen molar-refractivity contribution in [3.8, 4) is 11.5 Å². The van der Waals surface area contributed by atoms with Gasteiger partial charge in [-0.3, -0.25) is 0 Å². The van der Waals surface area contributed by atoms with Crippen LogP contribution < -0.4 is 14.8 Å². The van der Waals surface area contributed by atoms with E-state index in [0.717, 1.165) is 23.5 Å². The summed E-state index contributed by atoms with van der Waals surface area (Å²) in [7, 11) is 3.42. The van der Waals surface area contributed by atoms with Gasteiger partial charge in [0.1, 0.15) is 13.2 Å². The Hall–Kier alpha value is -1.91. The summed E-state index contributed by atoms with van der Waals surface area (Å²) < 4.78 is 11.1. The number of fused-ring (bicyclic) bond motifs is 1. The summed E-state index contributed by atoms with van der Waals surface area (Å²) in [5.41, 5.74) is 2.34. The third-order valence-electron chi connectivity index (χ3n) is 3.28. The van der Waals surface area contributed by atoms with Crippen LogP contribution in [-0.4, -0.2) is 44.8 Å². The van der Waals surface area contributed by atoms with E-state index in [2.05, 4.69) is 5.32 Å². The Labute approximate surface area is 113 Å². The average Bonchev–Trinajstić information content (AvgIpc) is 2.43. The van der Waals surface area contributed by atoms with Crippen LogP contribution in [0.15, 0.2) is 12.1 Å². The molecule has 0 unspecified atom stereocenters. The second-order valence-corrected chi connectivity index (χ2v) is 4.65. The monoisotopic (exact) mass is 264 g/mol. The first-order valence-corrected chi connectivity index (χ1v) is 6.44. The second kappa shape index (κ2) is 5.82. The van der Waals surface area contributed by atoms with E-state index in [1.54, 1.807) is 19.0 Å². The van der Waals surface area contributed by atoms with Crippen LogP contribution in [0.1, 0.15) is 11.1 Å². The zero-order chi connectivity index (χ0) is 13.8. The minimum Gasteiger partial charge on any atom is -0.486 e. The van der Waals surface area contributed by atoms with Gasteiger partial charge in [0, 0.05) is 20.6 Å². The lowest BCUT2D eigenvalue weighted by Crippen LogP contribution is -2.36. The second-order valence-electron chi connectivity index (χ2n) is 4.65. The maximum atomic E-state index is 11.4. The smallest absolute Gasteiger partial charge is 0.316 e. The lowest BCUT2D eigenvalue weighted by molar-refractivity contribution is 0.171. The van der Waals surface area contributed by atoms with Crippen molar-refractivity contribution in [2.45, 2.75) is 13.3 Å². The molecule has 0 atom stereocenters. The number of hydrogen-bond donors (Lipinski definition) is 1. The number of urea groups is 1. The van der Waals surface area contributed by atoms with E-state index in [1.165, 1.54) is 5.56 Å². The Morgan fingerprint density at radius 3 is 2.58 bits per heavy atom. The summed E-state index contributed by atoms with van der Waals surface area (Å²) in [5, 5.41) is 2.61. The summed E-state index contributed by atoms with van der Waals surface area (Å²) in [6.45, 7) is 3.91. The molecule has 19 heavy (non-hydrogen) atoms. The molecule has 1 heterocycles. The zero-order valence-corrected chi connectivity index (χ0v) is 11.7. The molecule has 0 saturated carbocycles. The highest BCUT2D eigenvalue weighted by Crippen LogP contribution is 2.33. The van der Waals surface area contributed by atoms with Crippen LogP contribution in [0.3, 0.4) is 0 Å². The first-order valence-electron chi connectivity index (χ1n) is 6.44. The Bertz CT molecular complexity index is 474. The molecule has 0 fully saturated rings. The molecule has 1 aliphatic rings. The fourth-order valence-corrected chi connectivity index (χ4v) is 2.08. The van der Waals surface area contributed by atoms with Crippen molar-refractivity contribution in [1.82, 2.24) is 10.2 Å². The molecule has 0 aromatic heterocycles. The third kappa shape index (κ3) is 3.10. The minimum atomic E-state index is -0.0739. The molecule has 5 heteroatoms. The standard InChI is InChI=1S/C14H20N2O3/c1-10-8-12-13(19-7-6-18-12)9-11(10)4-5-16(3)14(17)15-2/h8-9H,4-7H2,1-3H3,(H,15,17). The van der Waals surface area contributed by atoms with E-state index in [-0.39, 0.29) is 6.03 Å². The maximum absolute atomic E-state index is 11.4. The molecule has 1 aromatic carbocycles. The zero-order valence-electron chi connectivity index (χ0n) is 11.7. The molecule has 104 valence electrons. The van der Waals surface area contributed by atoms with Gasteiger partial charge in [-0.1, -0.05) is 0 Å². The van der Waals surface area contributed by atoms with Gasteiger partial charge in [-0.05, 0) is 36.6 Å². The number of ether oxygens (including phenoxy) is 2. The highest BCUT2D eigenvalue weighted by atomic mass is 16.6. The van der Waals surface area contributed by atoms with E-state index in [0.29, 0.717) is 19.8 Å². The molecule has 1 aromatic rings. The largest absolute Gasteiger partial charge is 0.486 e. The number of likely N-dealkylation sites (N-methyl/N-ethyl adjacent to an activating group) is 1. The van der Waals surface area contributed by atoms with Crippen LogP contribution in [0.2, 0.25) is 0 Å². The van der Waals surface area contributed by atoms with Gasteiger partial charge in [-0.2, -0.15) is 0 Å². The molecule has 0 spiro atoms. The number of aryl methyl sites for hydroxylation is 1. The van der Waals surface area contributed by atoms with Crippen molar-refractivity contribution in [3.63, 3.8) is 0 Å². The van der Waals surface area contributed by atoms with Gasteiger partial charge in [0.15, 0.2) is 11.5 Å². The van der Waals surface area contributed by atoms with Gasteiger partial charge in [-0.15, -0.1) is 0 Å². The van der Waals surface area contributed by atoms with E-state index >= 15 is 0 Å². The van der Waals surface area contributed by atoms with Crippen LogP contribution >= 0.6 is 0 Å². The van der Waals surface area contributed by atoms with Crippen LogP contribution in [0, 0.1) is 6.92 Å². The van der Waals surface area contributed by atoms with Gasteiger partial charge in [0.05, 0.1) is 0 Å². The van der Waals surface area contributed by atoms with Crippen molar-refractivity contribution in [3.05, 3.63) is 23.3 Å². The maximum Gasteiger partial charge on any atom is 0.316 e. The lowest BCUT2D eigenvalue weighted by atomic mass is 10.0. The van der Waals surface area contributed by atoms with Crippen LogP contribution in [-0.2, 0) is 6.42 Å². The van der Waals surface area contributed by atoms with Crippen molar-refractivity contribution < 1.29 is 14.3 Å². The molecule has 2 amide bonds. The van der Waals surface area contributed by atoms with Crippen molar-refractivity contribution in [2.75, 3.05) is 33.9 Å². The highest BCUT2D eigenvalue weighted by Gasteiger charge is 2.15. The van der Waals surface area contributed by atoms with Gasteiger partial charge in [0.2, 0.25) is 0 Å². The molecular weight excluding hydrogens is 244 g/mol. The summed E-state index contributed by atoms with van der Waals surface area (Å²) in [4.78, 5) is 13.1. The number of nitrogens with one attached hydrogen (secondary N) is 1. The molecule has 1 aliphatic heterocycles. The summed E-state index contributed by atoms with van der Waals surface area (Å²) in [6, 6.07) is 3.95. The highest BCUT2D eigenvalue weighted by molar-refractivity contribution is 5.73. The third-order valence-corrected chi connectivity index (χ3v) is 3.28. The number of benzene rings is 1. The number of carbonyl (C=O) groups excluding carboxylic acids is 1. The molecule has 0 aliphatic carbocycles. The van der Waals surface area contributed by atoms with Crippen molar-refractivity contribution in [2.24, 2.45) is 0 Å². The quantitative estimate of drug-likeness (QED) is 0.901. The first-order chi connectivity index (χ1) is 9.11. The molecule has 5 nitrogen and oxygen atoms in total. The number of nitrogens with zero attached hydrogens (tertiary/aromatic N) is 1. The normalized spacial score (nSPS) is 13.0. The molecule has 0 radical (unpaired) electrons. The average molecular weight is 264 g/mol. The van der Waals surface area contributed by atoms with Crippen LogP contribution in [0.5, 0.6) is 11.5 Å². The fourth-order valence-electron chi connectivity index (χ4n) is 2.08. The van der Waals surface area contributed by atoms with E-state index in [9.17, 15) is 4.79 Å². The van der Waals surface area contributed by atoms with Gasteiger partial charge in [-0.25, -0.2) is 4.79 Å². The molecule has 0 bridgehead atoms. The Kier molecular flexibility index (Phi) is 4.14. The number of rotatable bonds is 3. The van der Waals surface area contributed by atoms with Crippen LogP contribution in [0.4, 0.5) is 4.79 Å². The molecule has 2 rings (SSSR count). The minimum absolute atomic E-state index is 0.0739. The number of amides is 2. The topological polar surface area (TPSA) is 50.8 Å². The summed E-state index contributed by atoms with van der Waals surface area (Å²) in [6.07, 6.45) is 0.798.